The standard InChI is InChI=1S/C20H41N/c1-5-6-7-8-9-10-11-12-13-14-15-16-17-18-19-21-20(2,3)4/h16-17,21H,5-15,18-19H2,1-4H3. The molecule has 0 bridgehead atoms. The summed E-state index contributed by atoms with van der Waals surface area (Å²) in [6, 6.07) is 0. The fourth-order valence-electron chi connectivity index (χ4n) is 2.52. The van der Waals surface area contributed by atoms with E-state index in [0.717, 1.165) is 13.0 Å². The van der Waals surface area contributed by atoms with Crippen LogP contribution in [0.5, 0.6) is 0 Å². The highest BCUT2D eigenvalue weighted by Gasteiger charge is 2.05. The molecule has 0 fully saturated rings. The van der Waals surface area contributed by atoms with Crippen molar-refractivity contribution in [1.29, 1.82) is 0 Å². The largest absolute Gasteiger partial charge is 0.312 e. The average molecular weight is 296 g/mol. The van der Waals surface area contributed by atoms with Crippen molar-refractivity contribution in [3.63, 3.8) is 0 Å². The first-order valence-corrected chi connectivity index (χ1v) is 9.46. The van der Waals surface area contributed by atoms with Gasteiger partial charge in [0.05, 0.1) is 0 Å². The Kier molecular flexibility index (Phi) is 14.4. The van der Waals surface area contributed by atoms with Crippen molar-refractivity contribution in [3.8, 4) is 0 Å². The number of rotatable bonds is 14. The van der Waals surface area contributed by atoms with Gasteiger partial charge >= 0.3 is 0 Å². The van der Waals surface area contributed by atoms with Crippen LogP contribution in [0.2, 0.25) is 0 Å². The first-order chi connectivity index (χ1) is 10.1. The Morgan fingerprint density at radius 3 is 1.67 bits per heavy atom. The lowest BCUT2D eigenvalue weighted by Crippen LogP contribution is -2.36. The zero-order chi connectivity index (χ0) is 15.8. The highest BCUT2D eigenvalue weighted by molar-refractivity contribution is 4.83. The summed E-state index contributed by atoms with van der Waals surface area (Å²) < 4.78 is 0. The third kappa shape index (κ3) is 19.7. The Balaban J connectivity index is 3.11. The number of nitrogens with one attached hydrogen (secondary N) is 1. The van der Waals surface area contributed by atoms with Gasteiger partial charge < -0.3 is 5.32 Å². The van der Waals surface area contributed by atoms with Gasteiger partial charge in [-0.05, 0) is 46.6 Å². The van der Waals surface area contributed by atoms with E-state index in [1.54, 1.807) is 0 Å². The van der Waals surface area contributed by atoms with Gasteiger partial charge in [-0.15, -0.1) is 0 Å². The summed E-state index contributed by atoms with van der Waals surface area (Å²) >= 11 is 0. The van der Waals surface area contributed by atoms with Crippen LogP contribution in [-0.2, 0) is 0 Å². The Labute approximate surface area is 135 Å². The van der Waals surface area contributed by atoms with Gasteiger partial charge in [0.2, 0.25) is 0 Å². The first-order valence-electron chi connectivity index (χ1n) is 9.46. The van der Waals surface area contributed by atoms with Crippen LogP contribution >= 0.6 is 0 Å². The molecule has 1 heteroatoms. The normalized spacial score (nSPS) is 12.4. The average Bonchev–Trinajstić information content (AvgIpc) is 2.42. The van der Waals surface area contributed by atoms with Crippen molar-refractivity contribution in [2.75, 3.05) is 6.54 Å². The molecule has 0 aliphatic heterocycles. The van der Waals surface area contributed by atoms with E-state index in [1.165, 1.54) is 70.6 Å². The van der Waals surface area contributed by atoms with Gasteiger partial charge in [0.25, 0.3) is 0 Å². The van der Waals surface area contributed by atoms with Crippen LogP contribution in [0.25, 0.3) is 0 Å². The number of allylic oxidation sites excluding steroid dienone is 1. The van der Waals surface area contributed by atoms with Crippen molar-refractivity contribution in [3.05, 3.63) is 12.2 Å². The van der Waals surface area contributed by atoms with Gasteiger partial charge in [0.15, 0.2) is 0 Å². The minimum atomic E-state index is 0.254. The van der Waals surface area contributed by atoms with Gasteiger partial charge in [-0.3, -0.25) is 0 Å². The Morgan fingerprint density at radius 2 is 1.14 bits per heavy atom. The molecule has 0 heterocycles. The summed E-state index contributed by atoms with van der Waals surface area (Å²) in [6.45, 7) is 10.1. The molecule has 0 rings (SSSR count). The second kappa shape index (κ2) is 14.6. The van der Waals surface area contributed by atoms with Crippen molar-refractivity contribution in [2.45, 2.75) is 110 Å². The van der Waals surface area contributed by atoms with Crippen LogP contribution in [0, 0.1) is 0 Å². The van der Waals surface area contributed by atoms with E-state index in [9.17, 15) is 0 Å². The second-order valence-corrected chi connectivity index (χ2v) is 7.41. The third-order valence-electron chi connectivity index (χ3n) is 3.86. The molecular weight excluding hydrogens is 254 g/mol. The quantitative estimate of drug-likeness (QED) is 0.280. The minimum Gasteiger partial charge on any atom is -0.312 e. The monoisotopic (exact) mass is 295 g/mol. The molecule has 126 valence electrons. The molecule has 0 spiro atoms. The zero-order valence-corrected chi connectivity index (χ0v) is 15.3. The van der Waals surface area contributed by atoms with Crippen LogP contribution in [0.15, 0.2) is 12.2 Å². The number of unbranched alkanes of at least 4 members (excludes halogenated alkanes) is 10. The molecule has 0 amide bonds. The fraction of sp³-hybridized carbons (Fsp3) is 0.900. The van der Waals surface area contributed by atoms with E-state index in [2.05, 4.69) is 45.2 Å². The van der Waals surface area contributed by atoms with Crippen LogP contribution in [-0.4, -0.2) is 12.1 Å². The zero-order valence-electron chi connectivity index (χ0n) is 15.3. The van der Waals surface area contributed by atoms with Crippen LogP contribution < -0.4 is 5.32 Å². The highest BCUT2D eigenvalue weighted by atomic mass is 14.9. The van der Waals surface area contributed by atoms with E-state index in [1.807, 2.05) is 0 Å². The second-order valence-electron chi connectivity index (χ2n) is 7.41. The summed E-state index contributed by atoms with van der Waals surface area (Å²) in [6.07, 6.45) is 21.4. The smallest absolute Gasteiger partial charge is 0.00966 e. The maximum absolute atomic E-state index is 3.51. The van der Waals surface area contributed by atoms with E-state index < -0.39 is 0 Å². The van der Waals surface area contributed by atoms with Crippen LogP contribution in [0.4, 0.5) is 0 Å². The highest BCUT2D eigenvalue weighted by Crippen LogP contribution is 2.11. The predicted molar refractivity (Wildman–Crippen MR) is 98.0 cm³/mol. The molecule has 0 unspecified atom stereocenters. The maximum Gasteiger partial charge on any atom is 0.00966 e. The molecule has 0 aromatic carbocycles. The van der Waals surface area contributed by atoms with Crippen LogP contribution in [0.3, 0.4) is 0 Å². The van der Waals surface area contributed by atoms with Crippen molar-refractivity contribution in [1.82, 2.24) is 5.32 Å². The minimum absolute atomic E-state index is 0.254. The molecule has 0 radical (unpaired) electrons. The molecular formula is C20H41N. The molecule has 21 heavy (non-hydrogen) atoms. The van der Waals surface area contributed by atoms with Gasteiger partial charge in [0.1, 0.15) is 0 Å². The molecule has 0 aromatic heterocycles. The number of hydrogen-bond acceptors (Lipinski definition) is 1. The van der Waals surface area contributed by atoms with Crippen molar-refractivity contribution < 1.29 is 0 Å². The Hall–Kier alpha value is -0.300. The lowest BCUT2D eigenvalue weighted by molar-refractivity contribution is 0.431. The van der Waals surface area contributed by atoms with E-state index in [0.29, 0.717) is 0 Å². The molecule has 0 saturated carbocycles. The fourth-order valence-corrected chi connectivity index (χ4v) is 2.52. The third-order valence-corrected chi connectivity index (χ3v) is 3.86. The van der Waals surface area contributed by atoms with Gasteiger partial charge in [-0.2, -0.15) is 0 Å². The summed E-state index contributed by atoms with van der Waals surface area (Å²) in [5.41, 5.74) is 0.254. The van der Waals surface area contributed by atoms with Gasteiger partial charge in [0, 0.05) is 5.54 Å². The lowest BCUT2D eigenvalue weighted by Gasteiger charge is -2.19. The van der Waals surface area contributed by atoms with Crippen LogP contribution in [0.1, 0.15) is 105 Å². The molecule has 0 aliphatic carbocycles. The summed E-state index contributed by atoms with van der Waals surface area (Å²) in [5, 5.41) is 3.51. The van der Waals surface area contributed by atoms with E-state index >= 15 is 0 Å². The van der Waals surface area contributed by atoms with Gasteiger partial charge in [-0.25, -0.2) is 0 Å². The first kappa shape index (κ1) is 20.7. The topological polar surface area (TPSA) is 12.0 Å². The SMILES string of the molecule is CCCCCCCCCCCCC=CCCNC(C)(C)C. The lowest BCUT2D eigenvalue weighted by atomic mass is 10.1. The molecule has 1 nitrogen and oxygen atoms in total. The molecule has 0 saturated heterocycles. The van der Waals surface area contributed by atoms with Gasteiger partial charge in [-0.1, -0.05) is 76.9 Å². The molecule has 0 aromatic rings. The molecule has 0 aliphatic rings. The summed E-state index contributed by atoms with van der Waals surface area (Å²) in [7, 11) is 0. The Morgan fingerprint density at radius 1 is 0.667 bits per heavy atom. The predicted octanol–water partition coefficient (Wildman–Crippen LogP) is 6.63. The summed E-state index contributed by atoms with van der Waals surface area (Å²) in [5.74, 6) is 0. The number of hydrogen-bond donors (Lipinski definition) is 1. The maximum atomic E-state index is 3.51. The van der Waals surface area contributed by atoms with Crippen molar-refractivity contribution in [2.24, 2.45) is 0 Å². The Bertz CT molecular complexity index is 224. The van der Waals surface area contributed by atoms with Crippen molar-refractivity contribution >= 4 is 0 Å². The molecule has 0 atom stereocenters. The van der Waals surface area contributed by atoms with E-state index in [-0.39, 0.29) is 5.54 Å². The molecule has 1 N–H and O–H groups in total. The van der Waals surface area contributed by atoms with E-state index in [4.69, 9.17) is 0 Å². The summed E-state index contributed by atoms with van der Waals surface area (Å²) in [4.78, 5) is 0.